The molecule has 1 unspecified atom stereocenters. The van der Waals surface area contributed by atoms with Crippen molar-refractivity contribution in [3.05, 3.63) is 124 Å². The van der Waals surface area contributed by atoms with Crippen LogP contribution in [0.15, 0.2) is 112 Å². The molecule has 0 aliphatic carbocycles. The zero-order valence-corrected chi connectivity index (χ0v) is 28.1. The third-order valence-electron chi connectivity index (χ3n) is 7.32. The lowest BCUT2D eigenvalue weighted by Crippen LogP contribution is -2.53. The molecule has 1 N–H and O–H groups in total. The molecule has 8 nitrogen and oxygen atoms in total. The van der Waals surface area contributed by atoms with E-state index < -0.39 is 28.5 Å². The molecule has 0 saturated carbocycles. The molecule has 0 fully saturated rings. The third-order valence-corrected chi connectivity index (χ3v) is 9.63. The van der Waals surface area contributed by atoms with Crippen LogP contribution >= 0.6 is 15.9 Å². The van der Waals surface area contributed by atoms with Crippen LogP contribution in [0.2, 0.25) is 0 Å². The molecule has 0 aromatic heterocycles. The van der Waals surface area contributed by atoms with E-state index in [4.69, 9.17) is 4.74 Å². The summed E-state index contributed by atoms with van der Waals surface area (Å²) in [4.78, 5) is 29.8. The first-order valence-electron chi connectivity index (χ1n) is 14.7. The summed E-state index contributed by atoms with van der Waals surface area (Å²) in [7, 11) is -2.71. The predicted molar refractivity (Wildman–Crippen MR) is 181 cm³/mol. The molecule has 45 heavy (non-hydrogen) atoms. The van der Waals surface area contributed by atoms with E-state index in [2.05, 4.69) is 21.2 Å². The van der Waals surface area contributed by atoms with Crippen LogP contribution in [-0.4, -0.2) is 51.4 Å². The van der Waals surface area contributed by atoms with Crippen LogP contribution in [0, 0.1) is 6.92 Å². The van der Waals surface area contributed by atoms with Crippen molar-refractivity contribution >= 4 is 43.5 Å². The second-order valence-corrected chi connectivity index (χ2v) is 13.4. The summed E-state index contributed by atoms with van der Waals surface area (Å²) in [6.45, 7) is 3.84. The lowest BCUT2D eigenvalue weighted by atomic mass is 10.0. The molecule has 4 aromatic carbocycles. The van der Waals surface area contributed by atoms with Crippen LogP contribution in [-0.2, 0) is 32.6 Å². The van der Waals surface area contributed by atoms with Gasteiger partial charge in [0.05, 0.1) is 17.7 Å². The molecule has 0 radical (unpaired) electrons. The molecule has 0 aliphatic heterocycles. The zero-order chi connectivity index (χ0) is 32.4. The number of nitrogens with one attached hydrogen (secondary N) is 1. The highest BCUT2D eigenvalue weighted by atomic mass is 79.9. The van der Waals surface area contributed by atoms with Gasteiger partial charge in [0.15, 0.2) is 0 Å². The highest BCUT2D eigenvalue weighted by molar-refractivity contribution is 9.10. The van der Waals surface area contributed by atoms with Crippen LogP contribution in [0.1, 0.15) is 30.0 Å². The van der Waals surface area contributed by atoms with Gasteiger partial charge in [-0.25, -0.2) is 8.42 Å². The Bertz CT molecular complexity index is 1680. The first kappa shape index (κ1) is 33.7. The number of hydrogen-bond acceptors (Lipinski definition) is 5. The van der Waals surface area contributed by atoms with Crippen molar-refractivity contribution in [3.63, 3.8) is 0 Å². The number of amides is 2. The first-order chi connectivity index (χ1) is 21.6. The molecule has 0 bridgehead atoms. The largest absolute Gasteiger partial charge is 0.497 e. The van der Waals surface area contributed by atoms with E-state index in [0.29, 0.717) is 12.3 Å². The molecule has 2 amide bonds. The quantitative estimate of drug-likeness (QED) is 0.172. The fourth-order valence-electron chi connectivity index (χ4n) is 4.84. The fourth-order valence-corrected chi connectivity index (χ4v) is 6.51. The van der Waals surface area contributed by atoms with Gasteiger partial charge >= 0.3 is 0 Å². The number of sulfonamides is 1. The molecule has 10 heteroatoms. The topological polar surface area (TPSA) is 96.0 Å². The van der Waals surface area contributed by atoms with Crippen molar-refractivity contribution in [2.24, 2.45) is 0 Å². The number of methoxy groups -OCH3 is 1. The molecular formula is C35H38BrN3O5S. The maximum Gasteiger partial charge on any atom is 0.264 e. The average Bonchev–Trinajstić information content (AvgIpc) is 3.05. The van der Waals surface area contributed by atoms with Gasteiger partial charge in [-0.15, -0.1) is 0 Å². The Labute approximate surface area is 274 Å². The van der Waals surface area contributed by atoms with Crippen molar-refractivity contribution in [3.8, 4) is 5.75 Å². The lowest BCUT2D eigenvalue weighted by Gasteiger charge is -2.34. The number of carbonyl (C=O) groups excluding carboxylic acids is 2. The van der Waals surface area contributed by atoms with Gasteiger partial charge in [-0.3, -0.25) is 13.9 Å². The Hall–Kier alpha value is -4.15. The van der Waals surface area contributed by atoms with Crippen molar-refractivity contribution < 1.29 is 22.7 Å². The van der Waals surface area contributed by atoms with Crippen molar-refractivity contribution in [2.75, 3.05) is 24.5 Å². The number of ether oxygens (including phenoxy) is 1. The van der Waals surface area contributed by atoms with Crippen LogP contribution in [0.4, 0.5) is 5.69 Å². The molecule has 0 saturated heterocycles. The minimum Gasteiger partial charge on any atom is -0.497 e. The van der Waals surface area contributed by atoms with E-state index in [1.54, 1.807) is 36.4 Å². The Morgan fingerprint density at radius 2 is 1.58 bits per heavy atom. The normalized spacial score (nSPS) is 11.8. The second-order valence-electron chi connectivity index (χ2n) is 10.7. The van der Waals surface area contributed by atoms with E-state index in [1.807, 2.05) is 68.4 Å². The van der Waals surface area contributed by atoms with Crippen molar-refractivity contribution in [2.45, 2.75) is 44.2 Å². The SMILES string of the molecule is CCCNC(=O)C(Cc1ccccc1)N(Cc1ccc(Br)cc1)C(=O)CN(c1cccc(OC)c1)S(=O)(=O)c1ccc(C)cc1. The standard InChI is InChI=1S/C35H38BrN3O5S/c1-4-21-37-35(41)33(22-27-9-6-5-7-10-27)38(24-28-15-17-29(36)18-16-28)34(40)25-39(30-11-8-12-31(23-30)44-3)45(42,43)32-19-13-26(2)14-20-32/h5-20,23,33H,4,21-22,24-25H2,1-3H3,(H,37,41). The first-order valence-corrected chi connectivity index (χ1v) is 16.9. The summed E-state index contributed by atoms with van der Waals surface area (Å²) >= 11 is 3.46. The van der Waals surface area contributed by atoms with E-state index in [0.717, 1.165) is 31.9 Å². The van der Waals surface area contributed by atoms with Gasteiger partial charge in [0.25, 0.3) is 10.0 Å². The smallest absolute Gasteiger partial charge is 0.264 e. The number of carbonyl (C=O) groups is 2. The number of aryl methyl sites for hydroxylation is 1. The Morgan fingerprint density at radius 1 is 0.889 bits per heavy atom. The van der Waals surface area contributed by atoms with Crippen LogP contribution in [0.25, 0.3) is 0 Å². The Kier molecular flexibility index (Phi) is 11.8. The molecule has 4 aromatic rings. The van der Waals surface area contributed by atoms with Gasteiger partial charge < -0.3 is 15.0 Å². The zero-order valence-electron chi connectivity index (χ0n) is 25.6. The second kappa shape index (κ2) is 15.7. The van der Waals surface area contributed by atoms with Crippen molar-refractivity contribution in [1.29, 1.82) is 0 Å². The molecular weight excluding hydrogens is 654 g/mol. The number of rotatable bonds is 14. The summed E-state index contributed by atoms with van der Waals surface area (Å²) < 4.78 is 35.7. The van der Waals surface area contributed by atoms with Gasteiger partial charge in [0.1, 0.15) is 18.3 Å². The Morgan fingerprint density at radius 3 is 2.22 bits per heavy atom. The predicted octanol–water partition coefficient (Wildman–Crippen LogP) is 6.13. The maximum absolute atomic E-state index is 14.5. The third kappa shape index (κ3) is 8.95. The number of nitrogens with zero attached hydrogens (tertiary/aromatic N) is 2. The number of halogens is 1. The van der Waals surface area contributed by atoms with Crippen LogP contribution < -0.4 is 14.4 Å². The van der Waals surface area contributed by atoms with E-state index in [9.17, 15) is 18.0 Å². The number of anilines is 1. The minimum absolute atomic E-state index is 0.0460. The monoisotopic (exact) mass is 691 g/mol. The van der Waals surface area contributed by atoms with Crippen molar-refractivity contribution in [1.82, 2.24) is 10.2 Å². The average molecular weight is 693 g/mol. The van der Waals surface area contributed by atoms with E-state index in [-0.39, 0.29) is 29.5 Å². The highest BCUT2D eigenvalue weighted by Gasteiger charge is 2.34. The number of benzene rings is 4. The lowest BCUT2D eigenvalue weighted by molar-refractivity contribution is -0.140. The van der Waals surface area contributed by atoms with Gasteiger partial charge in [-0.1, -0.05) is 89.1 Å². The number of hydrogen-bond donors (Lipinski definition) is 1. The van der Waals surface area contributed by atoms with Crippen LogP contribution in [0.5, 0.6) is 5.75 Å². The minimum atomic E-state index is -4.20. The van der Waals surface area contributed by atoms with Gasteiger partial charge in [0, 0.05) is 30.0 Å². The maximum atomic E-state index is 14.5. The summed E-state index contributed by atoms with van der Waals surface area (Å²) in [5, 5.41) is 2.96. The summed E-state index contributed by atoms with van der Waals surface area (Å²) in [6.07, 6.45) is 0.978. The molecule has 4 rings (SSSR count). The van der Waals surface area contributed by atoms with E-state index >= 15 is 0 Å². The molecule has 0 heterocycles. The summed E-state index contributed by atoms with van der Waals surface area (Å²) in [5.74, 6) is -0.388. The van der Waals surface area contributed by atoms with Gasteiger partial charge in [-0.05, 0) is 60.9 Å². The molecule has 236 valence electrons. The fraction of sp³-hybridized carbons (Fsp3) is 0.257. The highest BCUT2D eigenvalue weighted by Crippen LogP contribution is 2.28. The van der Waals surface area contributed by atoms with Gasteiger partial charge in [0.2, 0.25) is 11.8 Å². The van der Waals surface area contributed by atoms with E-state index in [1.165, 1.54) is 24.1 Å². The summed E-state index contributed by atoms with van der Waals surface area (Å²) in [5.41, 5.74) is 2.84. The Balaban J connectivity index is 1.80. The molecule has 1 atom stereocenters. The van der Waals surface area contributed by atoms with Crippen LogP contribution in [0.3, 0.4) is 0 Å². The van der Waals surface area contributed by atoms with Gasteiger partial charge in [-0.2, -0.15) is 0 Å². The molecule has 0 spiro atoms. The molecule has 0 aliphatic rings. The summed E-state index contributed by atoms with van der Waals surface area (Å²) in [6, 6.07) is 29.1.